The lowest BCUT2D eigenvalue weighted by Crippen LogP contribution is -2.13. The van der Waals surface area contributed by atoms with Crippen LogP contribution < -0.4 is 10.5 Å². The number of amides is 1. The first-order chi connectivity index (χ1) is 6.11. The van der Waals surface area contributed by atoms with E-state index in [0.717, 1.165) is 10.0 Å². The van der Waals surface area contributed by atoms with Crippen LogP contribution in [0, 0.1) is 0 Å². The molecule has 0 aromatic heterocycles. The maximum Gasteiger partial charge on any atom is 0.221 e. The molecule has 0 fully saturated rings. The predicted molar refractivity (Wildman–Crippen MR) is 53.6 cm³/mol. The van der Waals surface area contributed by atoms with E-state index in [4.69, 9.17) is 10.5 Å². The number of benzene rings is 1. The van der Waals surface area contributed by atoms with Gasteiger partial charge >= 0.3 is 0 Å². The van der Waals surface area contributed by atoms with E-state index in [9.17, 15) is 4.79 Å². The molecule has 13 heavy (non-hydrogen) atoms. The van der Waals surface area contributed by atoms with Gasteiger partial charge in [-0.05, 0) is 23.8 Å². The molecule has 0 aliphatic heterocycles. The van der Waals surface area contributed by atoms with Crippen LogP contribution in [-0.4, -0.2) is 13.0 Å². The molecule has 1 aromatic rings. The highest BCUT2D eigenvalue weighted by molar-refractivity contribution is 9.10. The topological polar surface area (TPSA) is 52.3 Å². The van der Waals surface area contributed by atoms with Gasteiger partial charge in [0, 0.05) is 4.47 Å². The summed E-state index contributed by atoms with van der Waals surface area (Å²) in [6.07, 6.45) is 0.232. The van der Waals surface area contributed by atoms with Gasteiger partial charge in [-0.25, -0.2) is 0 Å². The standard InChI is InChI=1S/C9H10BrNO2/c1-13-8-3-6(4-9(11)12)2-7(10)5-8/h2-3,5H,4H2,1H3,(H2,11,12). The summed E-state index contributed by atoms with van der Waals surface area (Å²) in [5.41, 5.74) is 5.92. The average Bonchev–Trinajstić information content (AvgIpc) is 2.01. The van der Waals surface area contributed by atoms with Crippen molar-refractivity contribution in [2.45, 2.75) is 6.42 Å². The van der Waals surface area contributed by atoms with Crippen LogP contribution in [0.2, 0.25) is 0 Å². The number of halogens is 1. The lowest BCUT2D eigenvalue weighted by atomic mass is 10.1. The second-order valence-corrected chi connectivity index (χ2v) is 3.56. The molecule has 4 heteroatoms. The Labute approximate surface area is 85.0 Å². The molecule has 0 radical (unpaired) electrons. The first kappa shape index (κ1) is 10.1. The fourth-order valence-electron chi connectivity index (χ4n) is 1.04. The van der Waals surface area contributed by atoms with Gasteiger partial charge in [0.15, 0.2) is 0 Å². The number of carbonyl (C=O) groups is 1. The molecular weight excluding hydrogens is 234 g/mol. The van der Waals surface area contributed by atoms with Crippen LogP contribution in [0.25, 0.3) is 0 Å². The molecular formula is C9H10BrNO2. The van der Waals surface area contributed by atoms with E-state index in [-0.39, 0.29) is 12.3 Å². The van der Waals surface area contributed by atoms with Gasteiger partial charge in [0.2, 0.25) is 5.91 Å². The monoisotopic (exact) mass is 243 g/mol. The fraction of sp³-hybridized carbons (Fsp3) is 0.222. The summed E-state index contributed by atoms with van der Waals surface area (Å²) in [6, 6.07) is 5.45. The number of nitrogens with two attached hydrogens (primary N) is 1. The van der Waals surface area contributed by atoms with Crippen molar-refractivity contribution in [2.75, 3.05) is 7.11 Å². The highest BCUT2D eigenvalue weighted by atomic mass is 79.9. The Morgan fingerprint density at radius 2 is 2.23 bits per heavy atom. The highest BCUT2D eigenvalue weighted by Crippen LogP contribution is 2.21. The van der Waals surface area contributed by atoms with Gasteiger partial charge in [-0.2, -0.15) is 0 Å². The molecule has 2 N–H and O–H groups in total. The quantitative estimate of drug-likeness (QED) is 0.875. The number of ether oxygens (including phenoxy) is 1. The zero-order valence-corrected chi connectivity index (χ0v) is 8.80. The van der Waals surface area contributed by atoms with Crippen LogP contribution in [0.1, 0.15) is 5.56 Å². The van der Waals surface area contributed by atoms with Crippen molar-refractivity contribution >= 4 is 21.8 Å². The second-order valence-electron chi connectivity index (χ2n) is 2.64. The maximum absolute atomic E-state index is 10.6. The summed E-state index contributed by atoms with van der Waals surface area (Å²) < 4.78 is 5.91. The van der Waals surface area contributed by atoms with Gasteiger partial charge in [0.1, 0.15) is 5.75 Å². The third-order valence-corrected chi connectivity index (χ3v) is 2.00. The third-order valence-electron chi connectivity index (χ3n) is 1.55. The molecule has 0 bridgehead atoms. The molecule has 0 aliphatic rings. The number of primary amides is 1. The van der Waals surface area contributed by atoms with Crippen molar-refractivity contribution in [1.29, 1.82) is 0 Å². The van der Waals surface area contributed by atoms with Crippen molar-refractivity contribution < 1.29 is 9.53 Å². The van der Waals surface area contributed by atoms with Gasteiger partial charge in [-0.3, -0.25) is 4.79 Å². The number of rotatable bonds is 3. The van der Waals surface area contributed by atoms with E-state index in [1.165, 1.54) is 0 Å². The Bertz CT molecular complexity index is 325. The fourth-order valence-corrected chi connectivity index (χ4v) is 1.56. The lowest BCUT2D eigenvalue weighted by Gasteiger charge is -2.03. The molecule has 0 heterocycles. The molecule has 3 nitrogen and oxygen atoms in total. The molecule has 1 amide bonds. The van der Waals surface area contributed by atoms with E-state index < -0.39 is 0 Å². The van der Waals surface area contributed by atoms with Gasteiger partial charge in [-0.15, -0.1) is 0 Å². The van der Waals surface area contributed by atoms with Crippen LogP contribution in [0.15, 0.2) is 22.7 Å². The van der Waals surface area contributed by atoms with Crippen LogP contribution in [0.4, 0.5) is 0 Å². The summed E-state index contributed by atoms with van der Waals surface area (Å²) in [5.74, 6) is 0.366. The summed E-state index contributed by atoms with van der Waals surface area (Å²) in [5, 5.41) is 0. The molecule has 0 saturated carbocycles. The van der Waals surface area contributed by atoms with Crippen molar-refractivity contribution in [2.24, 2.45) is 5.73 Å². The molecule has 0 spiro atoms. The molecule has 0 saturated heterocycles. The maximum atomic E-state index is 10.6. The molecule has 0 aliphatic carbocycles. The Hall–Kier alpha value is -1.03. The van der Waals surface area contributed by atoms with Gasteiger partial charge in [-0.1, -0.05) is 15.9 Å². The van der Waals surface area contributed by atoms with Crippen molar-refractivity contribution in [1.82, 2.24) is 0 Å². The largest absolute Gasteiger partial charge is 0.497 e. The first-order valence-corrected chi connectivity index (χ1v) is 4.53. The van der Waals surface area contributed by atoms with E-state index >= 15 is 0 Å². The van der Waals surface area contributed by atoms with E-state index in [2.05, 4.69) is 15.9 Å². The van der Waals surface area contributed by atoms with Gasteiger partial charge < -0.3 is 10.5 Å². The Morgan fingerprint density at radius 3 is 2.77 bits per heavy atom. The van der Waals surface area contributed by atoms with Crippen molar-refractivity contribution in [3.63, 3.8) is 0 Å². The van der Waals surface area contributed by atoms with Gasteiger partial charge in [0.05, 0.1) is 13.5 Å². The number of hydrogen-bond acceptors (Lipinski definition) is 2. The van der Waals surface area contributed by atoms with E-state index in [1.807, 2.05) is 12.1 Å². The minimum absolute atomic E-state index is 0.232. The summed E-state index contributed by atoms with van der Waals surface area (Å²) in [6.45, 7) is 0. The number of carbonyl (C=O) groups excluding carboxylic acids is 1. The molecule has 0 atom stereocenters. The lowest BCUT2D eigenvalue weighted by molar-refractivity contribution is -0.117. The zero-order chi connectivity index (χ0) is 9.84. The van der Waals surface area contributed by atoms with Crippen molar-refractivity contribution in [3.8, 4) is 5.75 Å². The zero-order valence-electron chi connectivity index (χ0n) is 7.21. The minimum atomic E-state index is -0.347. The third kappa shape index (κ3) is 3.06. The van der Waals surface area contributed by atoms with Crippen LogP contribution in [-0.2, 0) is 11.2 Å². The summed E-state index contributed by atoms with van der Waals surface area (Å²) in [4.78, 5) is 10.6. The number of hydrogen-bond donors (Lipinski definition) is 1. The highest BCUT2D eigenvalue weighted by Gasteiger charge is 2.02. The summed E-state index contributed by atoms with van der Waals surface area (Å²) >= 11 is 3.31. The van der Waals surface area contributed by atoms with E-state index in [1.54, 1.807) is 13.2 Å². The molecule has 1 rings (SSSR count). The molecule has 0 unspecified atom stereocenters. The van der Waals surface area contributed by atoms with E-state index in [0.29, 0.717) is 5.75 Å². The van der Waals surface area contributed by atoms with Gasteiger partial charge in [0.25, 0.3) is 0 Å². The van der Waals surface area contributed by atoms with Crippen LogP contribution >= 0.6 is 15.9 Å². The smallest absolute Gasteiger partial charge is 0.221 e. The minimum Gasteiger partial charge on any atom is -0.497 e. The predicted octanol–water partition coefficient (Wildman–Crippen LogP) is 1.49. The van der Waals surface area contributed by atoms with Crippen LogP contribution in [0.3, 0.4) is 0 Å². The second kappa shape index (κ2) is 4.28. The Morgan fingerprint density at radius 1 is 1.54 bits per heavy atom. The SMILES string of the molecule is COc1cc(Br)cc(CC(N)=O)c1. The molecule has 1 aromatic carbocycles. The van der Waals surface area contributed by atoms with Crippen molar-refractivity contribution in [3.05, 3.63) is 28.2 Å². The Kier molecular flexibility index (Phi) is 3.31. The summed E-state index contributed by atoms with van der Waals surface area (Å²) in [7, 11) is 1.58. The Balaban J connectivity index is 2.94. The van der Waals surface area contributed by atoms with Crippen LogP contribution in [0.5, 0.6) is 5.75 Å². The number of methoxy groups -OCH3 is 1. The average molecular weight is 244 g/mol. The first-order valence-electron chi connectivity index (χ1n) is 3.73. The normalized spacial score (nSPS) is 9.69. The molecule has 70 valence electrons.